The highest BCUT2D eigenvalue weighted by Gasteiger charge is 2.17. The fourth-order valence-corrected chi connectivity index (χ4v) is 3.66. The summed E-state index contributed by atoms with van der Waals surface area (Å²) in [6, 6.07) is 12.8. The third-order valence-corrected chi connectivity index (χ3v) is 5.23. The highest BCUT2D eigenvalue weighted by atomic mass is 35.5. The van der Waals surface area contributed by atoms with Crippen LogP contribution >= 0.6 is 23.2 Å². The molecule has 0 unspecified atom stereocenters. The van der Waals surface area contributed by atoms with E-state index < -0.39 is 4.92 Å². The Morgan fingerprint density at radius 1 is 1.19 bits per heavy atom. The maximum absolute atomic E-state index is 11.2. The summed E-state index contributed by atoms with van der Waals surface area (Å²) < 4.78 is 11.1. The second-order valence-electron chi connectivity index (χ2n) is 6.82. The number of phenols is 1. The van der Waals surface area contributed by atoms with Gasteiger partial charge >= 0.3 is 0 Å². The summed E-state index contributed by atoms with van der Waals surface area (Å²) in [4.78, 5) is 15.2. The lowest BCUT2D eigenvalue weighted by Gasteiger charge is -2.12. The van der Waals surface area contributed by atoms with Crippen molar-refractivity contribution in [3.8, 4) is 23.0 Å². The number of fused-ring (bicyclic) bond motifs is 1. The molecular weight excluding hydrogens is 457 g/mol. The van der Waals surface area contributed by atoms with Gasteiger partial charge in [-0.15, -0.1) is 0 Å². The molecule has 0 atom stereocenters. The van der Waals surface area contributed by atoms with Gasteiger partial charge in [0.15, 0.2) is 17.1 Å². The average Bonchev–Trinajstić information content (AvgIpc) is 3.17. The summed E-state index contributed by atoms with van der Waals surface area (Å²) in [7, 11) is 0. The number of aromatic hydroxyl groups is 1. The van der Waals surface area contributed by atoms with E-state index in [0.717, 1.165) is 0 Å². The quantitative estimate of drug-likeness (QED) is 0.235. The fraction of sp³-hybridized carbons (Fsp3) is 0.136. The van der Waals surface area contributed by atoms with E-state index in [2.05, 4.69) is 10.3 Å². The molecule has 1 aromatic heterocycles. The molecule has 4 rings (SSSR count). The van der Waals surface area contributed by atoms with Crippen LogP contribution in [0.1, 0.15) is 12.5 Å². The molecule has 1 heterocycles. The number of anilines is 1. The van der Waals surface area contributed by atoms with Gasteiger partial charge in [-0.25, -0.2) is 4.98 Å². The van der Waals surface area contributed by atoms with E-state index in [1.54, 1.807) is 43.3 Å². The molecular formula is C22H17Cl2N3O5. The number of hydrogen-bond donors (Lipinski definition) is 2. The van der Waals surface area contributed by atoms with E-state index in [4.69, 9.17) is 32.4 Å². The van der Waals surface area contributed by atoms with Crippen molar-refractivity contribution in [1.82, 2.24) is 4.98 Å². The SMILES string of the molecule is CCOc1cc([N+](=O)[O-])cc(CNc2ccc3oc(-c4ccc(Cl)cc4Cl)nc3c2)c1O. The maximum atomic E-state index is 11.2. The minimum absolute atomic E-state index is 0.0648. The fourth-order valence-electron chi connectivity index (χ4n) is 3.17. The molecule has 0 spiro atoms. The third-order valence-electron chi connectivity index (χ3n) is 4.68. The minimum Gasteiger partial charge on any atom is -0.504 e. The number of oxazole rings is 1. The van der Waals surface area contributed by atoms with Gasteiger partial charge in [0.2, 0.25) is 5.89 Å². The normalized spacial score (nSPS) is 11.0. The molecule has 0 amide bonds. The van der Waals surface area contributed by atoms with Crippen LogP contribution in [0.25, 0.3) is 22.6 Å². The van der Waals surface area contributed by atoms with E-state index in [0.29, 0.717) is 43.9 Å². The smallest absolute Gasteiger partial charge is 0.273 e. The molecule has 0 aliphatic rings. The van der Waals surface area contributed by atoms with Crippen molar-refractivity contribution < 1.29 is 19.2 Å². The van der Waals surface area contributed by atoms with Gasteiger partial charge in [0.1, 0.15) is 5.52 Å². The summed E-state index contributed by atoms with van der Waals surface area (Å²) >= 11 is 12.2. The first-order chi connectivity index (χ1) is 15.4. The summed E-state index contributed by atoms with van der Waals surface area (Å²) in [6.45, 7) is 2.13. The van der Waals surface area contributed by atoms with Crippen LogP contribution in [-0.4, -0.2) is 21.6 Å². The number of nitrogens with zero attached hydrogens (tertiary/aromatic N) is 2. The number of nitro groups is 1. The van der Waals surface area contributed by atoms with E-state index in [-0.39, 0.29) is 30.3 Å². The molecule has 164 valence electrons. The molecule has 0 bridgehead atoms. The Balaban J connectivity index is 1.60. The van der Waals surface area contributed by atoms with Gasteiger partial charge in [-0.05, 0) is 43.3 Å². The van der Waals surface area contributed by atoms with Crippen LogP contribution in [0.3, 0.4) is 0 Å². The number of ether oxygens (including phenoxy) is 1. The number of halogens is 2. The van der Waals surface area contributed by atoms with Crippen molar-refractivity contribution in [3.63, 3.8) is 0 Å². The predicted octanol–water partition coefficient (Wildman–Crippen LogP) is 6.43. The largest absolute Gasteiger partial charge is 0.504 e. The van der Waals surface area contributed by atoms with Gasteiger partial charge in [-0.3, -0.25) is 10.1 Å². The Morgan fingerprint density at radius 2 is 2.00 bits per heavy atom. The molecule has 10 heteroatoms. The first kappa shape index (κ1) is 21.7. The molecule has 0 aliphatic carbocycles. The van der Waals surface area contributed by atoms with Gasteiger partial charge in [-0.1, -0.05) is 23.2 Å². The van der Waals surface area contributed by atoms with Gasteiger partial charge in [0.05, 0.1) is 28.2 Å². The number of benzene rings is 3. The first-order valence-corrected chi connectivity index (χ1v) is 10.3. The highest BCUT2D eigenvalue weighted by molar-refractivity contribution is 6.36. The van der Waals surface area contributed by atoms with Crippen molar-refractivity contribution in [2.45, 2.75) is 13.5 Å². The van der Waals surface area contributed by atoms with Crippen LogP contribution in [-0.2, 0) is 6.54 Å². The monoisotopic (exact) mass is 473 g/mol. The maximum Gasteiger partial charge on any atom is 0.273 e. The Bertz CT molecular complexity index is 1320. The average molecular weight is 474 g/mol. The summed E-state index contributed by atoms with van der Waals surface area (Å²) in [5.41, 5.74) is 2.62. The van der Waals surface area contributed by atoms with Gasteiger partial charge in [-0.2, -0.15) is 0 Å². The van der Waals surface area contributed by atoms with Crippen LogP contribution in [0.2, 0.25) is 10.0 Å². The second-order valence-corrected chi connectivity index (χ2v) is 7.66. The van der Waals surface area contributed by atoms with Crippen molar-refractivity contribution in [3.05, 3.63) is 74.3 Å². The number of hydrogen-bond acceptors (Lipinski definition) is 7. The zero-order valence-corrected chi connectivity index (χ0v) is 18.3. The number of non-ortho nitro benzene ring substituents is 1. The van der Waals surface area contributed by atoms with E-state index in [1.165, 1.54) is 12.1 Å². The Morgan fingerprint density at radius 3 is 2.72 bits per heavy atom. The Kier molecular flexibility index (Phi) is 6.07. The van der Waals surface area contributed by atoms with Crippen LogP contribution in [0.15, 0.2) is 52.9 Å². The first-order valence-electron chi connectivity index (χ1n) is 9.58. The van der Waals surface area contributed by atoms with Crippen molar-refractivity contribution in [2.24, 2.45) is 0 Å². The van der Waals surface area contributed by atoms with Gasteiger partial charge in [0.25, 0.3) is 5.69 Å². The standard InChI is InChI=1S/C22H17Cl2N3O5/c1-2-31-20-10-15(27(29)30)7-12(21(20)28)11-25-14-4-6-19-18(9-14)26-22(32-19)16-5-3-13(23)8-17(16)24/h3-10,25,28H,2,11H2,1H3. The molecule has 8 nitrogen and oxygen atoms in total. The lowest BCUT2D eigenvalue weighted by molar-refractivity contribution is -0.385. The van der Waals surface area contributed by atoms with Crippen LogP contribution in [0.5, 0.6) is 11.5 Å². The molecule has 2 N–H and O–H groups in total. The van der Waals surface area contributed by atoms with Gasteiger partial charge < -0.3 is 19.6 Å². The van der Waals surface area contributed by atoms with Crippen LogP contribution in [0, 0.1) is 10.1 Å². The lowest BCUT2D eigenvalue weighted by atomic mass is 10.1. The molecule has 4 aromatic rings. The molecule has 0 radical (unpaired) electrons. The lowest BCUT2D eigenvalue weighted by Crippen LogP contribution is -2.03. The number of nitrogens with one attached hydrogen (secondary N) is 1. The Hall–Kier alpha value is -3.49. The predicted molar refractivity (Wildman–Crippen MR) is 123 cm³/mol. The summed E-state index contributed by atoms with van der Waals surface area (Å²) in [6.07, 6.45) is 0. The summed E-state index contributed by atoms with van der Waals surface area (Å²) in [5.74, 6) is 0.276. The van der Waals surface area contributed by atoms with Crippen molar-refractivity contribution in [2.75, 3.05) is 11.9 Å². The third kappa shape index (κ3) is 4.42. The number of phenolic OH excluding ortho intramolecular Hbond substituents is 1. The van der Waals surface area contributed by atoms with E-state index in [1.807, 2.05) is 0 Å². The van der Waals surface area contributed by atoms with E-state index >= 15 is 0 Å². The summed E-state index contributed by atoms with van der Waals surface area (Å²) in [5, 5.41) is 25.7. The van der Waals surface area contributed by atoms with Crippen molar-refractivity contribution >= 4 is 45.7 Å². The zero-order valence-electron chi connectivity index (χ0n) is 16.8. The Labute approximate surface area is 192 Å². The van der Waals surface area contributed by atoms with Crippen LogP contribution in [0.4, 0.5) is 11.4 Å². The number of rotatable bonds is 7. The zero-order chi connectivity index (χ0) is 22.8. The molecule has 32 heavy (non-hydrogen) atoms. The second kappa shape index (κ2) is 8.94. The molecule has 3 aromatic carbocycles. The topological polar surface area (TPSA) is 111 Å². The van der Waals surface area contributed by atoms with Gasteiger partial charge in [0, 0.05) is 28.9 Å². The molecule has 0 saturated heterocycles. The highest BCUT2D eigenvalue weighted by Crippen LogP contribution is 2.36. The molecule has 0 saturated carbocycles. The number of aromatic nitrogens is 1. The van der Waals surface area contributed by atoms with Crippen molar-refractivity contribution in [1.29, 1.82) is 0 Å². The van der Waals surface area contributed by atoms with E-state index in [9.17, 15) is 15.2 Å². The number of nitro benzene ring substituents is 1. The molecule has 0 fully saturated rings. The minimum atomic E-state index is -0.531. The van der Waals surface area contributed by atoms with Crippen LogP contribution < -0.4 is 10.1 Å². The molecule has 0 aliphatic heterocycles.